The van der Waals surface area contributed by atoms with Gasteiger partial charge >= 0.3 is 6.03 Å². The lowest BCUT2D eigenvalue weighted by molar-refractivity contribution is 0.198. The zero-order valence-electron chi connectivity index (χ0n) is 11.3. The molecule has 1 aromatic carbocycles. The molecule has 0 aliphatic carbocycles. The predicted octanol–water partition coefficient (Wildman–Crippen LogP) is 3.62. The van der Waals surface area contributed by atoms with Gasteiger partial charge < -0.3 is 10.2 Å². The summed E-state index contributed by atoms with van der Waals surface area (Å²) in [6.45, 7) is 3.50. The number of nitrogens with zero attached hydrogens (tertiary/aromatic N) is 1. The summed E-state index contributed by atoms with van der Waals surface area (Å²) in [5, 5.41) is 4.81. The fourth-order valence-corrected chi connectivity index (χ4v) is 2.57. The van der Waals surface area contributed by atoms with Crippen LogP contribution in [0.15, 0.2) is 41.8 Å². The number of nitrogens with one attached hydrogen (secondary N) is 1. The van der Waals surface area contributed by atoms with Gasteiger partial charge in [-0.1, -0.05) is 18.2 Å². The smallest absolute Gasteiger partial charge is 0.317 e. The van der Waals surface area contributed by atoms with E-state index in [1.54, 1.807) is 28.4 Å². The first-order chi connectivity index (χ1) is 9.69. The van der Waals surface area contributed by atoms with E-state index in [4.69, 9.17) is 0 Å². The van der Waals surface area contributed by atoms with Crippen molar-refractivity contribution in [3.05, 3.63) is 58.0 Å². The van der Waals surface area contributed by atoms with Gasteiger partial charge in [-0.2, -0.15) is 0 Å². The molecule has 1 aromatic heterocycles. The maximum atomic E-state index is 13.0. The van der Waals surface area contributed by atoms with E-state index in [1.807, 2.05) is 24.4 Å². The number of carbonyl (C=O) groups is 1. The number of rotatable bonds is 5. The van der Waals surface area contributed by atoms with E-state index in [0.29, 0.717) is 19.6 Å². The van der Waals surface area contributed by atoms with Crippen molar-refractivity contribution in [2.45, 2.75) is 20.0 Å². The number of amides is 2. The Morgan fingerprint density at radius 1 is 1.35 bits per heavy atom. The molecule has 0 radical (unpaired) electrons. The van der Waals surface area contributed by atoms with Crippen LogP contribution >= 0.6 is 11.3 Å². The Morgan fingerprint density at radius 3 is 2.85 bits per heavy atom. The average Bonchev–Trinajstić information content (AvgIpc) is 2.95. The molecule has 5 heteroatoms. The average molecular weight is 292 g/mol. The minimum Gasteiger partial charge on any atom is -0.334 e. The number of carbonyl (C=O) groups excluding carboxylic acids is 1. The highest BCUT2D eigenvalue weighted by Crippen LogP contribution is 2.12. The zero-order valence-corrected chi connectivity index (χ0v) is 12.1. The predicted molar refractivity (Wildman–Crippen MR) is 79.0 cm³/mol. The molecule has 2 rings (SSSR count). The second-order valence-corrected chi connectivity index (χ2v) is 5.41. The van der Waals surface area contributed by atoms with Crippen LogP contribution in [0.25, 0.3) is 0 Å². The summed E-state index contributed by atoms with van der Waals surface area (Å²) in [6.07, 6.45) is 0. The van der Waals surface area contributed by atoms with Gasteiger partial charge in [0.05, 0.1) is 6.54 Å². The molecule has 0 aliphatic rings. The van der Waals surface area contributed by atoms with Gasteiger partial charge in [0, 0.05) is 18.0 Å². The van der Waals surface area contributed by atoms with Crippen LogP contribution < -0.4 is 5.32 Å². The SMILES string of the molecule is CCN(Cc1cccs1)C(=O)NCc1cccc(F)c1. The largest absolute Gasteiger partial charge is 0.334 e. The number of thiophene rings is 1. The molecule has 1 N–H and O–H groups in total. The summed E-state index contributed by atoms with van der Waals surface area (Å²) in [6, 6.07) is 10.1. The molecule has 3 nitrogen and oxygen atoms in total. The third kappa shape index (κ3) is 4.06. The molecule has 0 saturated heterocycles. The van der Waals surface area contributed by atoms with E-state index in [9.17, 15) is 9.18 Å². The van der Waals surface area contributed by atoms with Crippen molar-refractivity contribution in [3.63, 3.8) is 0 Å². The van der Waals surface area contributed by atoms with Crippen LogP contribution in [0.2, 0.25) is 0 Å². The van der Waals surface area contributed by atoms with Crippen molar-refractivity contribution in [1.29, 1.82) is 0 Å². The number of benzene rings is 1. The fourth-order valence-electron chi connectivity index (χ4n) is 1.85. The topological polar surface area (TPSA) is 32.3 Å². The van der Waals surface area contributed by atoms with Crippen molar-refractivity contribution in [2.75, 3.05) is 6.54 Å². The Balaban J connectivity index is 1.89. The third-order valence-electron chi connectivity index (χ3n) is 2.93. The molecule has 0 atom stereocenters. The first-order valence-electron chi connectivity index (χ1n) is 6.48. The second-order valence-electron chi connectivity index (χ2n) is 4.38. The van der Waals surface area contributed by atoms with Crippen LogP contribution in [0, 0.1) is 5.82 Å². The van der Waals surface area contributed by atoms with Gasteiger partial charge in [0.1, 0.15) is 5.82 Å². The quantitative estimate of drug-likeness (QED) is 0.897. The standard InChI is InChI=1S/C15H17FN2OS/c1-2-18(11-14-7-4-8-20-14)15(19)17-10-12-5-3-6-13(16)9-12/h3-9H,2,10-11H2,1H3,(H,17,19). The summed E-state index contributed by atoms with van der Waals surface area (Å²) in [7, 11) is 0. The summed E-state index contributed by atoms with van der Waals surface area (Å²) in [5.41, 5.74) is 0.755. The van der Waals surface area contributed by atoms with Crippen molar-refractivity contribution in [2.24, 2.45) is 0 Å². The van der Waals surface area contributed by atoms with Gasteiger partial charge in [0.15, 0.2) is 0 Å². The molecular weight excluding hydrogens is 275 g/mol. The maximum Gasteiger partial charge on any atom is 0.317 e. The van der Waals surface area contributed by atoms with Gasteiger partial charge in [-0.3, -0.25) is 0 Å². The third-order valence-corrected chi connectivity index (χ3v) is 3.79. The summed E-state index contributed by atoms with van der Waals surface area (Å²) < 4.78 is 13.0. The molecule has 0 saturated carbocycles. The van der Waals surface area contributed by atoms with Gasteiger partial charge in [0.25, 0.3) is 0 Å². The number of hydrogen-bond donors (Lipinski definition) is 1. The Bertz CT molecular complexity index is 557. The molecule has 0 bridgehead atoms. The molecule has 0 aliphatic heterocycles. The van der Waals surface area contributed by atoms with Crippen LogP contribution in [0.4, 0.5) is 9.18 Å². The molecule has 2 amide bonds. The van der Waals surface area contributed by atoms with E-state index in [0.717, 1.165) is 10.4 Å². The Kier molecular flexibility index (Phi) is 5.12. The van der Waals surface area contributed by atoms with Crippen LogP contribution in [-0.4, -0.2) is 17.5 Å². The minimum atomic E-state index is -0.289. The normalized spacial score (nSPS) is 10.3. The minimum absolute atomic E-state index is 0.134. The molecule has 0 fully saturated rings. The van der Waals surface area contributed by atoms with E-state index < -0.39 is 0 Å². The van der Waals surface area contributed by atoms with Crippen molar-refractivity contribution in [3.8, 4) is 0 Å². The fraction of sp³-hybridized carbons (Fsp3) is 0.267. The second kappa shape index (κ2) is 7.05. The van der Waals surface area contributed by atoms with E-state index in [-0.39, 0.29) is 11.8 Å². The summed E-state index contributed by atoms with van der Waals surface area (Å²) in [5.74, 6) is -0.289. The number of halogens is 1. The van der Waals surface area contributed by atoms with Gasteiger partial charge in [-0.05, 0) is 36.1 Å². The van der Waals surface area contributed by atoms with Gasteiger partial charge in [-0.15, -0.1) is 11.3 Å². The Labute approximate surface area is 122 Å². The first-order valence-corrected chi connectivity index (χ1v) is 7.36. The van der Waals surface area contributed by atoms with Crippen LogP contribution in [0.3, 0.4) is 0 Å². The number of urea groups is 1. The van der Waals surface area contributed by atoms with Crippen LogP contribution in [-0.2, 0) is 13.1 Å². The Morgan fingerprint density at radius 2 is 2.20 bits per heavy atom. The van der Waals surface area contributed by atoms with Crippen molar-refractivity contribution in [1.82, 2.24) is 10.2 Å². The van der Waals surface area contributed by atoms with E-state index in [2.05, 4.69) is 5.32 Å². The lowest BCUT2D eigenvalue weighted by Gasteiger charge is -2.20. The van der Waals surface area contributed by atoms with E-state index in [1.165, 1.54) is 12.1 Å². The highest BCUT2D eigenvalue weighted by molar-refractivity contribution is 7.09. The molecule has 2 aromatic rings. The molecule has 106 valence electrons. The van der Waals surface area contributed by atoms with Crippen LogP contribution in [0.5, 0.6) is 0 Å². The van der Waals surface area contributed by atoms with E-state index >= 15 is 0 Å². The molecule has 0 spiro atoms. The molecule has 20 heavy (non-hydrogen) atoms. The first kappa shape index (κ1) is 14.5. The molecular formula is C15H17FN2OS. The van der Waals surface area contributed by atoms with Crippen molar-refractivity contribution < 1.29 is 9.18 Å². The Hall–Kier alpha value is -1.88. The highest BCUT2D eigenvalue weighted by Gasteiger charge is 2.12. The molecule has 1 heterocycles. The highest BCUT2D eigenvalue weighted by atomic mass is 32.1. The monoisotopic (exact) mass is 292 g/mol. The summed E-state index contributed by atoms with van der Waals surface area (Å²) in [4.78, 5) is 15.0. The zero-order chi connectivity index (χ0) is 14.4. The van der Waals surface area contributed by atoms with Gasteiger partial charge in [0.2, 0.25) is 0 Å². The summed E-state index contributed by atoms with van der Waals surface area (Å²) >= 11 is 1.63. The van der Waals surface area contributed by atoms with Crippen molar-refractivity contribution >= 4 is 17.4 Å². The number of hydrogen-bond acceptors (Lipinski definition) is 2. The van der Waals surface area contributed by atoms with Gasteiger partial charge in [-0.25, -0.2) is 9.18 Å². The lowest BCUT2D eigenvalue weighted by atomic mass is 10.2. The van der Waals surface area contributed by atoms with Crippen LogP contribution in [0.1, 0.15) is 17.4 Å². The maximum absolute atomic E-state index is 13.0. The lowest BCUT2D eigenvalue weighted by Crippen LogP contribution is -2.38. The molecule has 0 unspecified atom stereocenters.